The smallest absolute Gasteiger partial charge is 0.302 e. The minimum atomic E-state index is -0.222. The summed E-state index contributed by atoms with van der Waals surface area (Å²) in [6.07, 6.45) is 11.6. The molecule has 3 saturated carbocycles. The van der Waals surface area contributed by atoms with Crippen LogP contribution in [-0.2, 0) is 14.3 Å². The highest BCUT2D eigenvalue weighted by molar-refractivity contribution is 5.96. The first-order valence-corrected chi connectivity index (χ1v) is 10.1. The van der Waals surface area contributed by atoms with E-state index in [1.165, 1.54) is 13.3 Å². The van der Waals surface area contributed by atoms with E-state index in [0.29, 0.717) is 23.5 Å². The van der Waals surface area contributed by atoms with Crippen LogP contribution >= 0.6 is 0 Å². The van der Waals surface area contributed by atoms with Gasteiger partial charge in [-0.2, -0.15) is 0 Å². The second kappa shape index (κ2) is 5.44. The molecule has 0 saturated heterocycles. The van der Waals surface area contributed by atoms with Crippen LogP contribution in [-0.4, -0.2) is 17.9 Å². The van der Waals surface area contributed by atoms with Gasteiger partial charge in [0.25, 0.3) is 0 Å². The van der Waals surface area contributed by atoms with E-state index >= 15 is 0 Å². The van der Waals surface area contributed by atoms with Gasteiger partial charge in [-0.25, -0.2) is 0 Å². The van der Waals surface area contributed by atoms with Gasteiger partial charge in [0.15, 0.2) is 5.78 Å². The number of ether oxygens (including phenoxy) is 1. The number of fused-ring (bicyclic) bond motifs is 5. The molecule has 4 aliphatic rings. The van der Waals surface area contributed by atoms with Gasteiger partial charge in [-0.05, 0) is 74.2 Å². The predicted octanol–water partition coefficient (Wildman–Crippen LogP) is 4.70. The third kappa shape index (κ3) is 2.16. The van der Waals surface area contributed by atoms with Gasteiger partial charge >= 0.3 is 5.97 Å². The van der Waals surface area contributed by atoms with Gasteiger partial charge in [0, 0.05) is 17.8 Å². The minimum absolute atomic E-state index is 0.0672. The number of carbonyl (C=O) groups excluding carboxylic acids is 2. The molecule has 0 heterocycles. The first-order valence-electron chi connectivity index (χ1n) is 10.1. The maximum atomic E-state index is 13.0. The van der Waals surface area contributed by atoms with E-state index in [-0.39, 0.29) is 28.3 Å². The first-order chi connectivity index (χ1) is 11.7. The van der Waals surface area contributed by atoms with E-state index < -0.39 is 0 Å². The monoisotopic (exact) mass is 344 g/mol. The van der Waals surface area contributed by atoms with Crippen molar-refractivity contribution >= 4 is 11.8 Å². The van der Waals surface area contributed by atoms with E-state index in [2.05, 4.69) is 26.8 Å². The van der Waals surface area contributed by atoms with Crippen LogP contribution in [0.4, 0.5) is 0 Å². The Morgan fingerprint density at radius 3 is 2.60 bits per heavy atom. The molecule has 0 aromatic carbocycles. The molecule has 3 heteroatoms. The Kier molecular flexibility index (Phi) is 3.76. The lowest BCUT2D eigenvalue weighted by Crippen LogP contribution is -2.46. The number of hydrogen-bond acceptors (Lipinski definition) is 3. The summed E-state index contributed by atoms with van der Waals surface area (Å²) in [7, 11) is 0. The molecular weight excluding hydrogens is 312 g/mol. The summed E-state index contributed by atoms with van der Waals surface area (Å²) in [5.41, 5.74) is -0.0127. The van der Waals surface area contributed by atoms with Crippen molar-refractivity contribution in [2.45, 2.75) is 78.7 Å². The number of rotatable bonds is 1. The zero-order valence-electron chi connectivity index (χ0n) is 16.1. The molecule has 7 atom stereocenters. The molecule has 4 rings (SSSR count). The van der Waals surface area contributed by atoms with E-state index in [4.69, 9.17) is 4.74 Å². The van der Waals surface area contributed by atoms with Crippen molar-refractivity contribution in [1.82, 2.24) is 0 Å². The Morgan fingerprint density at radius 1 is 1.12 bits per heavy atom. The average molecular weight is 344 g/mol. The lowest BCUT2D eigenvalue weighted by molar-refractivity contribution is -0.155. The maximum Gasteiger partial charge on any atom is 0.302 e. The van der Waals surface area contributed by atoms with Crippen molar-refractivity contribution in [3.8, 4) is 0 Å². The largest absolute Gasteiger partial charge is 0.462 e. The van der Waals surface area contributed by atoms with Gasteiger partial charge in [-0.3, -0.25) is 9.59 Å². The Hall–Kier alpha value is -1.12. The number of hydrogen-bond donors (Lipinski definition) is 0. The molecule has 4 aliphatic carbocycles. The van der Waals surface area contributed by atoms with Crippen LogP contribution in [0.15, 0.2) is 12.2 Å². The van der Waals surface area contributed by atoms with E-state index in [1.54, 1.807) is 0 Å². The topological polar surface area (TPSA) is 43.4 Å². The van der Waals surface area contributed by atoms with Gasteiger partial charge < -0.3 is 4.74 Å². The van der Waals surface area contributed by atoms with Crippen LogP contribution < -0.4 is 0 Å². The molecule has 0 N–H and O–H groups in total. The fourth-order valence-electron chi connectivity index (χ4n) is 7.42. The lowest BCUT2D eigenvalue weighted by atomic mass is 9.55. The highest BCUT2D eigenvalue weighted by Crippen LogP contribution is 2.71. The molecule has 138 valence electrons. The summed E-state index contributed by atoms with van der Waals surface area (Å²) in [6, 6.07) is 0. The Balaban J connectivity index is 1.68. The molecular formula is C22H32O3. The second-order valence-electron chi connectivity index (χ2n) is 9.86. The molecule has 0 aromatic heterocycles. The van der Waals surface area contributed by atoms with Crippen LogP contribution in [0.25, 0.3) is 0 Å². The van der Waals surface area contributed by atoms with Crippen molar-refractivity contribution in [3.05, 3.63) is 12.2 Å². The van der Waals surface area contributed by atoms with Crippen LogP contribution in [0.1, 0.15) is 72.6 Å². The van der Waals surface area contributed by atoms with Gasteiger partial charge in [0.2, 0.25) is 0 Å². The summed E-state index contributed by atoms with van der Waals surface area (Å²) < 4.78 is 5.73. The summed E-state index contributed by atoms with van der Waals surface area (Å²) in [4.78, 5) is 24.5. The molecule has 0 radical (unpaired) electrons. The average Bonchev–Trinajstić information content (AvgIpc) is 2.94. The standard InChI is InChI=1S/C22H32O3/c1-14(23)25-19-9-8-16-15-13-22(4)18(24)7-5-6-11-21(22,3)17(15)10-12-20(16,19)2/h5,7,15-17,19H,6,8-13H2,1-4H3/t15-,16-,17-,19-,20+,21-,22+/m1/s1. The molecule has 3 nitrogen and oxygen atoms in total. The first kappa shape index (κ1) is 17.3. The molecule has 25 heavy (non-hydrogen) atoms. The Morgan fingerprint density at radius 2 is 1.88 bits per heavy atom. The van der Waals surface area contributed by atoms with Crippen LogP contribution in [0.3, 0.4) is 0 Å². The van der Waals surface area contributed by atoms with Crippen LogP contribution in [0.2, 0.25) is 0 Å². The van der Waals surface area contributed by atoms with Crippen molar-refractivity contribution in [2.75, 3.05) is 0 Å². The number of esters is 1. The SMILES string of the molecule is CC(=O)O[C@@H]1CC[C@@H]2[C@H]3C[C@@]4(C)C(=O)C=CCC[C@]4(C)[C@@H]3CC[C@@]21C. The third-order valence-electron chi connectivity index (χ3n) is 9.02. The lowest BCUT2D eigenvalue weighted by Gasteiger charge is -2.50. The Bertz CT molecular complexity index is 637. The third-order valence-corrected chi connectivity index (χ3v) is 9.02. The number of ketones is 1. The highest BCUT2D eigenvalue weighted by Gasteiger charge is 2.67. The number of allylic oxidation sites excluding steroid dienone is 2. The second-order valence-corrected chi connectivity index (χ2v) is 9.86. The van der Waals surface area contributed by atoms with Gasteiger partial charge in [-0.15, -0.1) is 0 Å². The molecule has 0 bridgehead atoms. The minimum Gasteiger partial charge on any atom is -0.462 e. The van der Waals surface area contributed by atoms with Crippen LogP contribution in [0, 0.1) is 34.0 Å². The quantitative estimate of drug-likeness (QED) is 0.648. The van der Waals surface area contributed by atoms with Gasteiger partial charge in [0.05, 0.1) is 0 Å². The summed E-state index contributed by atoms with van der Waals surface area (Å²) >= 11 is 0. The zero-order valence-corrected chi connectivity index (χ0v) is 16.1. The molecule has 0 aliphatic heterocycles. The normalized spacial score (nSPS) is 51.4. The van der Waals surface area contributed by atoms with Crippen LogP contribution in [0.5, 0.6) is 0 Å². The van der Waals surface area contributed by atoms with Crippen molar-refractivity contribution in [3.63, 3.8) is 0 Å². The summed E-state index contributed by atoms with van der Waals surface area (Å²) in [5.74, 6) is 2.02. The Labute approximate surface area is 151 Å². The highest BCUT2D eigenvalue weighted by atomic mass is 16.5. The maximum absolute atomic E-state index is 13.0. The molecule has 3 fully saturated rings. The fourth-order valence-corrected chi connectivity index (χ4v) is 7.42. The molecule has 0 aromatic rings. The van der Waals surface area contributed by atoms with Gasteiger partial charge in [0.1, 0.15) is 6.10 Å². The van der Waals surface area contributed by atoms with E-state index in [0.717, 1.165) is 38.5 Å². The van der Waals surface area contributed by atoms with Crippen molar-refractivity contribution in [2.24, 2.45) is 34.0 Å². The summed E-state index contributed by atoms with van der Waals surface area (Å²) in [6.45, 7) is 8.50. The number of carbonyl (C=O) groups is 2. The van der Waals surface area contributed by atoms with E-state index in [1.807, 2.05) is 6.08 Å². The molecule has 0 spiro atoms. The van der Waals surface area contributed by atoms with Gasteiger partial charge in [-0.1, -0.05) is 26.8 Å². The zero-order chi connectivity index (χ0) is 18.0. The predicted molar refractivity (Wildman–Crippen MR) is 96.8 cm³/mol. The fraction of sp³-hybridized carbons (Fsp3) is 0.818. The summed E-state index contributed by atoms with van der Waals surface area (Å²) in [5, 5.41) is 0. The van der Waals surface area contributed by atoms with Crippen molar-refractivity contribution in [1.29, 1.82) is 0 Å². The van der Waals surface area contributed by atoms with E-state index in [9.17, 15) is 9.59 Å². The van der Waals surface area contributed by atoms with Crippen molar-refractivity contribution < 1.29 is 14.3 Å². The molecule has 0 unspecified atom stereocenters. The molecule has 0 amide bonds.